The second-order valence-corrected chi connectivity index (χ2v) is 4.79. The third-order valence-electron chi connectivity index (χ3n) is 2.62. The molecule has 2 rings (SSSR count). The highest BCUT2D eigenvalue weighted by atomic mass is 35.5. The van der Waals surface area contributed by atoms with Crippen molar-refractivity contribution in [3.63, 3.8) is 0 Å². The molecule has 1 aromatic heterocycles. The maximum absolute atomic E-state index is 11.9. The Balaban J connectivity index is 2.15. The van der Waals surface area contributed by atoms with Gasteiger partial charge in [0.1, 0.15) is 0 Å². The van der Waals surface area contributed by atoms with Gasteiger partial charge in [0.2, 0.25) is 0 Å². The number of hydrogen-bond donors (Lipinski definition) is 0. The summed E-state index contributed by atoms with van der Waals surface area (Å²) < 4.78 is 1.70. The highest BCUT2D eigenvalue weighted by molar-refractivity contribution is 6.35. The molecule has 98 valence electrons. The minimum atomic E-state index is -0.106. The topological polar surface area (TPSA) is 34.9 Å². The van der Waals surface area contributed by atoms with Crippen molar-refractivity contribution in [2.24, 2.45) is 0 Å². The third-order valence-corrected chi connectivity index (χ3v) is 3.18. The minimum absolute atomic E-state index is 0.106. The van der Waals surface area contributed by atoms with Crippen molar-refractivity contribution in [2.45, 2.75) is 13.5 Å². The average Bonchev–Trinajstić information content (AvgIpc) is 2.86. The Morgan fingerprint density at radius 2 is 2.21 bits per heavy atom. The lowest BCUT2D eigenvalue weighted by Gasteiger charge is -1.98. The van der Waals surface area contributed by atoms with Gasteiger partial charge in [-0.1, -0.05) is 29.3 Å². The van der Waals surface area contributed by atoms with E-state index in [0.717, 1.165) is 12.1 Å². The molecule has 1 heterocycles. The van der Waals surface area contributed by atoms with Crippen LogP contribution in [-0.2, 0) is 6.54 Å². The summed E-state index contributed by atoms with van der Waals surface area (Å²) in [6, 6.07) is 5.14. The summed E-state index contributed by atoms with van der Waals surface area (Å²) in [5.41, 5.74) is 1.31. The van der Waals surface area contributed by atoms with Gasteiger partial charge in [-0.05, 0) is 36.8 Å². The van der Waals surface area contributed by atoms with Gasteiger partial charge in [0.25, 0.3) is 0 Å². The van der Waals surface area contributed by atoms with Crippen LogP contribution in [0.4, 0.5) is 0 Å². The summed E-state index contributed by atoms with van der Waals surface area (Å²) in [5.74, 6) is -0.106. The molecular formula is C14H12Cl2N2O. The normalized spacial score (nSPS) is 11.1. The Bertz CT molecular complexity index is 632. The van der Waals surface area contributed by atoms with Crippen molar-refractivity contribution in [1.29, 1.82) is 0 Å². The number of rotatable bonds is 4. The van der Waals surface area contributed by atoms with Crippen LogP contribution in [0, 0.1) is 0 Å². The summed E-state index contributed by atoms with van der Waals surface area (Å²) in [6.45, 7) is 2.70. The molecule has 0 N–H and O–H groups in total. The summed E-state index contributed by atoms with van der Waals surface area (Å²) in [4.78, 5) is 11.9. The Morgan fingerprint density at radius 1 is 1.42 bits per heavy atom. The highest BCUT2D eigenvalue weighted by Crippen LogP contribution is 2.22. The van der Waals surface area contributed by atoms with Gasteiger partial charge in [-0.15, -0.1) is 0 Å². The van der Waals surface area contributed by atoms with Crippen LogP contribution in [0.2, 0.25) is 10.0 Å². The van der Waals surface area contributed by atoms with Crippen LogP contribution in [0.1, 0.15) is 22.8 Å². The maximum atomic E-state index is 11.9. The van der Waals surface area contributed by atoms with E-state index in [1.54, 1.807) is 41.4 Å². The first-order valence-electron chi connectivity index (χ1n) is 5.80. The molecule has 0 unspecified atom stereocenters. The first-order chi connectivity index (χ1) is 9.10. The zero-order valence-electron chi connectivity index (χ0n) is 10.3. The second kappa shape index (κ2) is 6.04. The number of nitrogens with zero attached hydrogens (tertiary/aromatic N) is 2. The molecule has 2 aromatic rings. The molecule has 0 fully saturated rings. The quantitative estimate of drug-likeness (QED) is 0.628. The van der Waals surface area contributed by atoms with Gasteiger partial charge >= 0.3 is 0 Å². The molecule has 1 aromatic carbocycles. The molecule has 0 aliphatic heterocycles. The zero-order valence-corrected chi connectivity index (χ0v) is 11.8. The maximum Gasteiger partial charge on any atom is 0.189 e. The Kier molecular flexibility index (Phi) is 4.40. The highest BCUT2D eigenvalue weighted by Gasteiger charge is 2.05. The van der Waals surface area contributed by atoms with Crippen LogP contribution in [0.3, 0.4) is 0 Å². The molecule has 0 radical (unpaired) electrons. The number of aromatic nitrogens is 2. The number of ketones is 1. The van der Waals surface area contributed by atoms with Gasteiger partial charge in [-0.3, -0.25) is 9.48 Å². The van der Waals surface area contributed by atoms with Gasteiger partial charge in [0, 0.05) is 22.8 Å². The Morgan fingerprint density at radius 3 is 2.84 bits per heavy atom. The summed E-state index contributed by atoms with van der Waals surface area (Å²) in [6.07, 6.45) is 6.42. The first kappa shape index (κ1) is 13.8. The fourth-order valence-electron chi connectivity index (χ4n) is 1.56. The van der Waals surface area contributed by atoms with E-state index in [0.29, 0.717) is 15.6 Å². The number of halogens is 2. The molecular weight excluding hydrogens is 283 g/mol. The number of benzene rings is 1. The van der Waals surface area contributed by atoms with Gasteiger partial charge < -0.3 is 0 Å². The van der Waals surface area contributed by atoms with Gasteiger partial charge in [0.15, 0.2) is 5.78 Å². The molecule has 0 saturated carbocycles. The molecule has 3 nitrogen and oxygen atoms in total. The first-order valence-corrected chi connectivity index (χ1v) is 6.55. The van der Waals surface area contributed by atoms with Crippen LogP contribution in [-0.4, -0.2) is 15.6 Å². The molecule has 0 amide bonds. The predicted molar refractivity (Wildman–Crippen MR) is 77.7 cm³/mol. The lowest BCUT2D eigenvalue weighted by Crippen LogP contribution is -1.94. The van der Waals surface area contributed by atoms with E-state index < -0.39 is 0 Å². The van der Waals surface area contributed by atoms with Gasteiger partial charge in [0.05, 0.1) is 11.8 Å². The molecule has 0 spiro atoms. The van der Waals surface area contributed by atoms with E-state index in [1.165, 1.54) is 6.08 Å². The van der Waals surface area contributed by atoms with Crippen molar-refractivity contribution in [2.75, 3.05) is 0 Å². The number of carbonyl (C=O) groups is 1. The number of carbonyl (C=O) groups excluding carboxylic acids is 1. The summed E-state index contributed by atoms with van der Waals surface area (Å²) in [7, 11) is 0. The van der Waals surface area contributed by atoms with Gasteiger partial charge in [-0.2, -0.15) is 5.10 Å². The van der Waals surface area contributed by atoms with E-state index in [1.807, 2.05) is 6.92 Å². The van der Waals surface area contributed by atoms with Crippen LogP contribution in [0.15, 0.2) is 36.7 Å². The summed E-state index contributed by atoms with van der Waals surface area (Å²) >= 11 is 11.8. The standard InChI is InChI=1S/C14H12Cl2N2O/c1-2-18-9-11(8-17-18)14(19)6-4-10-3-5-12(15)7-13(10)16/h3-9H,2H2,1H3/b6-4+. The van der Waals surface area contributed by atoms with E-state index >= 15 is 0 Å². The third kappa shape index (κ3) is 3.46. The van der Waals surface area contributed by atoms with E-state index in [2.05, 4.69) is 5.10 Å². The molecule has 0 bridgehead atoms. The van der Waals surface area contributed by atoms with Crippen LogP contribution in [0.5, 0.6) is 0 Å². The van der Waals surface area contributed by atoms with Crippen molar-refractivity contribution >= 4 is 35.1 Å². The SMILES string of the molecule is CCn1cc(C(=O)/C=C/c2ccc(Cl)cc2Cl)cn1. The number of hydrogen-bond acceptors (Lipinski definition) is 2. The summed E-state index contributed by atoms with van der Waals surface area (Å²) in [5, 5.41) is 5.14. The van der Waals surface area contributed by atoms with Crippen LogP contribution >= 0.6 is 23.2 Å². The molecule has 5 heteroatoms. The smallest absolute Gasteiger partial charge is 0.189 e. The largest absolute Gasteiger partial charge is 0.289 e. The lowest BCUT2D eigenvalue weighted by atomic mass is 10.1. The van der Waals surface area contributed by atoms with E-state index in [4.69, 9.17) is 23.2 Å². The zero-order chi connectivity index (χ0) is 13.8. The fourth-order valence-corrected chi connectivity index (χ4v) is 2.03. The van der Waals surface area contributed by atoms with Crippen molar-refractivity contribution < 1.29 is 4.79 Å². The molecule has 0 aliphatic rings. The number of aryl methyl sites for hydroxylation is 1. The van der Waals surface area contributed by atoms with Gasteiger partial charge in [-0.25, -0.2) is 0 Å². The fraction of sp³-hybridized carbons (Fsp3) is 0.143. The van der Waals surface area contributed by atoms with E-state index in [-0.39, 0.29) is 5.78 Å². The molecule has 0 saturated heterocycles. The Hall–Kier alpha value is -1.58. The van der Waals surface area contributed by atoms with Crippen LogP contribution < -0.4 is 0 Å². The minimum Gasteiger partial charge on any atom is -0.289 e. The average molecular weight is 295 g/mol. The lowest BCUT2D eigenvalue weighted by molar-refractivity contribution is 0.104. The molecule has 19 heavy (non-hydrogen) atoms. The van der Waals surface area contributed by atoms with Crippen molar-refractivity contribution in [3.05, 3.63) is 57.8 Å². The van der Waals surface area contributed by atoms with Crippen molar-refractivity contribution in [1.82, 2.24) is 9.78 Å². The molecule has 0 aliphatic carbocycles. The van der Waals surface area contributed by atoms with Crippen molar-refractivity contribution in [3.8, 4) is 0 Å². The predicted octanol–water partition coefficient (Wildman–Crippen LogP) is 4.11. The monoisotopic (exact) mass is 294 g/mol. The van der Waals surface area contributed by atoms with Crippen LogP contribution in [0.25, 0.3) is 6.08 Å². The van der Waals surface area contributed by atoms with E-state index in [9.17, 15) is 4.79 Å². The number of allylic oxidation sites excluding steroid dienone is 1. The second-order valence-electron chi connectivity index (χ2n) is 3.95. The molecule has 0 atom stereocenters. The Labute approximate surface area is 121 Å².